The van der Waals surface area contributed by atoms with Crippen molar-refractivity contribution in [2.75, 3.05) is 38.3 Å². The number of guanidine groups is 1. The highest BCUT2D eigenvalue weighted by Crippen LogP contribution is 2.26. The number of aliphatic imine (C=N–C) groups is 1. The van der Waals surface area contributed by atoms with Gasteiger partial charge in [-0.15, -0.1) is 13.2 Å². The first kappa shape index (κ1) is 21.7. The van der Waals surface area contributed by atoms with E-state index in [0.29, 0.717) is 31.3 Å². The number of para-hydroxylation sites is 1. The molecule has 7 nitrogen and oxygen atoms in total. The lowest BCUT2D eigenvalue weighted by molar-refractivity contribution is -0.274. The van der Waals surface area contributed by atoms with Crippen molar-refractivity contribution in [2.45, 2.75) is 19.5 Å². The monoisotopic (exact) mass is 423 g/mol. The third kappa shape index (κ3) is 6.24. The molecule has 0 spiro atoms. The summed E-state index contributed by atoms with van der Waals surface area (Å²) in [4.78, 5) is 10.8. The molecule has 0 amide bonds. The van der Waals surface area contributed by atoms with E-state index >= 15 is 0 Å². The van der Waals surface area contributed by atoms with Gasteiger partial charge in [0.25, 0.3) is 0 Å². The fraction of sp³-hybridized carbons (Fsp3) is 0.400. The number of halogens is 3. The summed E-state index contributed by atoms with van der Waals surface area (Å²) in [6, 6.07) is 9.84. The summed E-state index contributed by atoms with van der Waals surface area (Å²) in [6.07, 6.45) is -2.99. The lowest BCUT2D eigenvalue weighted by Gasteiger charge is -2.29. The number of hydrogen-bond acceptors (Lipinski definition) is 5. The first-order valence-electron chi connectivity index (χ1n) is 9.51. The average Bonchev–Trinajstić information content (AvgIpc) is 2.75. The molecule has 1 aliphatic rings. The highest BCUT2D eigenvalue weighted by Gasteiger charge is 2.31. The van der Waals surface area contributed by atoms with Crippen molar-refractivity contribution in [3.05, 3.63) is 53.7 Å². The first-order chi connectivity index (χ1) is 14.5. The summed E-state index contributed by atoms with van der Waals surface area (Å²) in [5.41, 5.74) is 1.36. The Labute approximate surface area is 172 Å². The van der Waals surface area contributed by atoms with E-state index in [2.05, 4.69) is 30.2 Å². The third-order valence-corrected chi connectivity index (χ3v) is 4.49. The predicted molar refractivity (Wildman–Crippen MR) is 107 cm³/mol. The molecule has 0 atom stereocenters. The van der Waals surface area contributed by atoms with Crippen LogP contribution >= 0.6 is 0 Å². The Hall–Kier alpha value is -3.01. The van der Waals surface area contributed by atoms with Gasteiger partial charge in [-0.05, 0) is 12.1 Å². The van der Waals surface area contributed by atoms with Crippen molar-refractivity contribution in [1.29, 1.82) is 0 Å². The zero-order chi connectivity index (χ0) is 21.4. The van der Waals surface area contributed by atoms with Crippen molar-refractivity contribution in [2.24, 2.45) is 4.99 Å². The van der Waals surface area contributed by atoms with Gasteiger partial charge in [0, 0.05) is 50.6 Å². The van der Waals surface area contributed by atoms with E-state index in [-0.39, 0.29) is 12.3 Å². The van der Waals surface area contributed by atoms with Crippen LogP contribution in [0.25, 0.3) is 0 Å². The first-order valence-corrected chi connectivity index (χ1v) is 9.51. The van der Waals surface area contributed by atoms with E-state index in [1.807, 2.05) is 12.1 Å². The van der Waals surface area contributed by atoms with E-state index < -0.39 is 6.36 Å². The summed E-state index contributed by atoms with van der Waals surface area (Å²) in [7, 11) is 1.60. The molecule has 3 rings (SSSR count). The number of morpholine rings is 1. The van der Waals surface area contributed by atoms with Gasteiger partial charge >= 0.3 is 6.36 Å². The number of nitrogens with zero attached hydrogens (tertiary/aromatic N) is 3. The van der Waals surface area contributed by atoms with E-state index in [1.54, 1.807) is 25.4 Å². The molecule has 2 aromatic rings. The molecule has 0 bridgehead atoms. The lowest BCUT2D eigenvalue weighted by atomic mass is 10.2. The molecule has 1 saturated heterocycles. The van der Waals surface area contributed by atoms with Crippen LogP contribution in [0.15, 0.2) is 47.6 Å². The fourth-order valence-electron chi connectivity index (χ4n) is 3.08. The second kappa shape index (κ2) is 10.1. The van der Waals surface area contributed by atoms with Crippen LogP contribution in [0.2, 0.25) is 0 Å². The van der Waals surface area contributed by atoms with Crippen LogP contribution < -0.4 is 20.3 Å². The number of nitrogens with one attached hydrogen (secondary N) is 2. The van der Waals surface area contributed by atoms with Gasteiger partial charge < -0.3 is 25.0 Å². The maximum atomic E-state index is 12.6. The Kier molecular flexibility index (Phi) is 7.34. The molecular weight excluding hydrogens is 399 g/mol. The summed E-state index contributed by atoms with van der Waals surface area (Å²) in [6.45, 7) is 3.44. The number of benzene rings is 1. The van der Waals surface area contributed by atoms with E-state index in [0.717, 1.165) is 24.5 Å². The predicted octanol–water partition coefficient (Wildman–Crippen LogP) is 2.68. The molecule has 2 heterocycles. The Bertz CT molecular complexity index is 854. The molecule has 162 valence electrons. The molecule has 2 N–H and O–H groups in total. The van der Waals surface area contributed by atoms with Crippen molar-refractivity contribution >= 4 is 11.8 Å². The minimum absolute atomic E-state index is 0.120. The van der Waals surface area contributed by atoms with Gasteiger partial charge in [0.05, 0.1) is 13.2 Å². The summed E-state index contributed by atoms with van der Waals surface area (Å²) in [5.74, 6) is 1.09. The van der Waals surface area contributed by atoms with Crippen LogP contribution in [-0.2, 0) is 17.8 Å². The summed E-state index contributed by atoms with van der Waals surface area (Å²) < 4.78 is 47.3. The molecule has 1 fully saturated rings. The highest BCUT2D eigenvalue weighted by atomic mass is 19.4. The summed E-state index contributed by atoms with van der Waals surface area (Å²) in [5, 5.41) is 6.20. The summed E-state index contributed by atoms with van der Waals surface area (Å²) >= 11 is 0. The molecule has 30 heavy (non-hydrogen) atoms. The van der Waals surface area contributed by atoms with Crippen molar-refractivity contribution in [1.82, 2.24) is 15.6 Å². The van der Waals surface area contributed by atoms with Gasteiger partial charge in [-0.25, -0.2) is 4.98 Å². The number of anilines is 1. The molecule has 0 unspecified atom stereocenters. The minimum Gasteiger partial charge on any atom is -0.405 e. The number of pyridine rings is 1. The quantitative estimate of drug-likeness (QED) is 0.550. The minimum atomic E-state index is -4.74. The molecule has 0 aliphatic carbocycles. The zero-order valence-electron chi connectivity index (χ0n) is 16.6. The van der Waals surface area contributed by atoms with Crippen molar-refractivity contribution in [3.63, 3.8) is 0 Å². The Morgan fingerprint density at radius 1 is 1.10 bits per heavy atom. The topological polar surface area (TPSA) is 71.0 Å². The second-order valence-corrected chi connectivity index (χ2v) is 6.52. The molecule has 1 aromatic heterocycles. The average molecular weight is 423 g/mol. The molecule has 0 saturated carbocycles. The molecular formula is C20H24F3N5O2. The number of hydrogen-bond donors (Lipinski definition) is 2. The molecule has 1 aromatic carbocycles. The normalized spacial score (nSPS) is 15.1. The van der Waals surface area contributed by atoms with Crippen LogP contribution in [0, 0.1) is 0 Å². The van der Waals surface area contributed by atoms with E-state index in [4.69, 9.17) is 4.74 Å². The number of alkyl halides is 3. The largest absolute Gasteiger partial charge is 0.573 e. The van der Waals surface area contributed by atoms with Crippen LogP contribution in [0.5, 0.6) is 5.75 Å². The third-order valence-electron chi connectivity index (χ3n) is 4.49. The van der Waals surface area contributed by atoms with Crippen LogP contribution in [0.1, 0.15) is 11.1 Å². The second-order valence-electron chi connectivity index (χ2n) is 6.52. The van der Waals surface area contributed by atoms with Gasteiger partial charge in [0.2, 0.25) is 0 Å². The van der Waals surface area contributed by atoms with E-state index in [1.165, 1.54) is 12.1 Å². The molecule has 10 heteroatoms. The van der Waals surface area contributed by atoms with Crippen molar-refractivity contribution in [3.8, 4) is 5.75 Å². The van der Waals surface area contributed by atoms with Gasteiger partial charge in [0.15, 0.2) is 5.96 Å². The highest BCUT2D eigenvalue weighted by molar-refractivity contribution is 5.79. The fourth-order valence-corrected chi connectivity index (χ4v) is 3.08. The zero-order valence-corrected chi connectivity index (χ0v) is 16.6. The van der Waals surface area contributed by atoms with Crippen molar-refractivity contribution < 1.29 is 22.6 Å². The molecule has 0 radical (unpaired) electrons. The lowest BCUT2D eigenvalue weighted by Crippen LogP contribution is -2.39. The van der Waals surface area contributed by atoms with Crippen LogP contribution in [0.4, 0.5) is 19.0 Å². The number of aromatic nitrogens is 1. The SMILES string of the molecule is CN=C(NCc1ccccc1OC(F)(F)F)NCc1cccnc1N1CCOCC1. The van der Waals surface area contributed by atoms with Gasteiger partial charge in [0.1, 0.15) is 11.6 Å². The van der Waals surface area contributed by atoms with Gasteiger partial charge in [-0.1, -0.05) is 24.3 Å². The Morgan fingerprint density at radius 2 is 1.77 bits per heavy atom. The number of rotatable bonds is 6. The standard InChI is InChI=1S/C20H24F3N5O2/c1-24-19(26-13-15-5-2-3-7-17(15)30-20(21,22)23)27-14-16-6-4-8-25-18(16)28-9-11-29-12-10-28/h2-8H,9-14H2,1H3,(H2,24,26,27). The molecule has 1 aliphatic heterocycles. The van der Waals surface area contributed by atoms with Crippen LogP contribution in [-0.4, -0.2) is 50.7 Å². The van der Waals surface area contributed by atoms with E-state index in [9.17, 15) is 13.2 Å². The van der Waals surface area contributed by atoms with Crippen LogP contribution in [0.3, 0.4) is 0 Å². The smallest absolute Gasteiger partial charge is 0.405 e. The Morgan fingerprint density at radius 3 is 2.47 bits per heavy atom. The van der Waals surface area contributed by atoms with Gasteiger partial charge in [-0.3, -0.25) is 4.99 Å². The Balaban J connectivity index is 1.60. The van der Waals surface area contributed by atoms with Gasteiger partial charge in [-0.2, -0.15) is 0 Å². The maximum absolute atomic E-state index is 12.6. The number of ether oxygens (including phenoxy) is 2. The maximum Gasteiger partial charge on any atom is 0.573 e.